The van der Waals surface area contributed by atoms with Crippen LogP contribution in [0.5, 0.6) is 0 Å². The van der Waals surface area contributed by atoms with Crippen molar-refractivity contribution < 1.29 is 4.79 Å². The number of hydrogen-bond donors (Lipinski definition) is 2. The van der Waals surface area contributed by atoms with Gasteiger partial charge in [0.1, 0.15) is 0 Å². The average Bonchev–Trinajstić information content (AvgIpc) is 2.80. The molecule has 4 aromatic rings. The van der Waals surface area contributed by atoms with E-state index in [4.69, 9.17) is 0 Å². The van der Waals surface area contributed by atoms with E-state index in [9.17, 15) is 4.79 Å². The van der Waals surface area contributed by atoms with Crippen molar-refractivity contribution in [2.24, 2.45) is 0 Å². The lowest BCUT2D eigenvalue weighted by atomic mass is 10.1. The molecule has 0 saturated heterocycles. The van der Waals surface area contributed by atoms with Crippen LogP contribution < -0.4 is 10.6 Å². The lowest BCUT2D eigenvalue weighted by Gasteiger charge is -2.09. The Hall–Kier alpha value is -3.99. The van der Waals surface area contributed by atoms with Crippen LogP contribution >= 0.6 is 0 Å². The van der Waals surface area contributed by atoms with Gasteiger partial charge in [-0.05, 0) is 43.2 Å². The molecule has 1 amide bonds. The van der Waals surface area contributed by atoms with Crippen LogP contribution in [-0.4, -0.2) is 15.9 Å². The predicted octanol–water partition coefficient (Wildman–Crippen LogP) is 5.43. The van der Waals surface area contributed by atoms with E-state index in [1.54, 1.807) is 24.5 Å². The standard InChI is InChI=1S/C26H24N4O/c1-18-6-10-20(11-7-18)15-27-25(31)22-4-3-5-24(14-22)30-26-28-16-23(17-29-26)21-12-8-19(2)9-13-21/h3-14,16-17H,15H2,1-2H3,(H,27,31)(H,28,29,30). The third-order valence-corrected chi connectivity index (χ3v) is 4.99. The van der Waals surface area contributed by atoms with Crippen LogP contribution in [0.1, 0.15) is 27.0 Å². The maximum atomic E-state index is 12.5. The van der Waals surface area contributed by atoms with E-state index in [-0.39, 0.29) is 5.91 Å². The van der Waals surface area contributed by atoms with Crippen LogP contribution in [0.2, 0.25) is 0 Å². The second-order valence-corrected chi connectivity index (χ2v) is 7.54. The number of rotatable bonds is 6. The summed E-state index contributed by atoms with van der Waals surface area (Å²) < 4.78 is 0. The monoisotopic (exact) mass is 408 g/mol. The van der Waals surface area contributed by atoms with Crippen molar-refractivity contribution in [2.45, 2.75) is 20.4 Å². The number of nitrogens with one attached hydrogen (secondary N) is 2. The van der Waals surface area contributed by atoms with Gasteiger partial charge in [0, 0.05) is 35.8 Å². The van der Waals surface area contributed by atoms with Gasteiger partial charge in [-0.3, -0.25) is 4.79 Å². The Morgan fingerprint density at radius 1 is 0.806 bits per heavy atom. The van der Waals surface area contributed by atoms with E-state index in [0.717, 1.165) is 22.4 Å². The van der Waals surface area contributed by atoms with Crippen molar-refractivity contribution in [2.75, 3.05) is 5.32 Å². The highest BCUT2D eigenvalue weighted by molar-refractivity contribution is 5.95. The van der Waals surface area contributed by atoms with Crippen LogP contribution in [0.25, 0.3) is 11.1 Å². The van der Waals surface area contributed by atoms with Gasteiger partial charge >= 0.3 is 0 Å². The van der Waals surface area contributed by atoms with Crippen LogP contribution in [-0.2, 0) is 6.54 Å². The summed E-state index contributed by atoms with van der Waals surface area (Å²) in [7, 11) is 0. The van der Waals surface area contributed by atoms with Gasteiger partial charge in [0.25, 0.3) is 5.91 Å². The van der Waals surface area contributed by atoms with Gasteiger partial charge in [-0.15, -0.1) is 0 Å². The summed E-state index contributed by atoms with van der Waals surface area (Å²) in [6.45, 7) is 4.59. The molecule has 1 heterocycles. The third kappa shape index (κ3) is 5.34. The molecule has 0 bridgehead atoms. The average molecular weight is 409 g/mol. The highest BCUT2D eigenvalue weighted by atomic mass is 16.1. The summed E-state index contributed by atoms with van der Waals surface area (Å²) in [4.78, 5) is 21.4. The molecule has 5 heteroatoms. The molecule has 2 N–H and O–H groups in total. The van der Waals surface area contributed by atoms with Gasteiger partial charge in [0.05, 0.1) is 0 Å². The summed E-state index contributed by atoms with van der Waals surface area (Å²) in [6.07, 6.45) is 3.58. The zero-order valence-corrected chi connectivity index (χ0v) is 17.6. The lowest BCUT2D eigenvalue weighted by molar-refractivity contribution is 0.0951. The second kappa shape index (κ2) is 9.22. The van der Waals surface area contributed by atoms with Gasteiger partial charge in [-0.1, -0.05) is 65.7 Å². The van der Waals surface area contributed by atoms with Gasteiger partial charge in [-0.2, -0.15) is 0 Å². The molecule has 1 aromatic heterocycles. The summed E-state index contributed by atoms with van der Waals surface area (Å²) in [5, 5.41) is 6.12. The molecule has 0 fully saturated rings. The molecule has 0 unspecified atom stereocenters. The largest absolute Gasteiger partial charge is 0.348 e. The third-order valence-electron chi connectivity index (χ3n) is 4.99. The van der Waals surface area contributed by atoms with Crippen molar-refractivity contribution >= 4 is 17.5 Å². The Morgan fingerprint density at radius 3 is 2.13 bits per heavy atom. The summed E-state index contributed by atoms with van der Waals surface area (Å²) >= 11 is 0. The first-order valence-electron chi connectivity index (χ1n) is 10.2. The van der Waals surface area contributed by atoms with Crippen LogP contribution in [0.4, 0.5) is 11.6 Å². The molecule has 31 heavy (non-hydrogen) atoms. The zero-order valence-electron chi connectivity index (χ0n) is 17.6. The molecule has 0 spiro atoms. The zero-order chi connectivity index (χ0) is 21.6. The molecule has 154 valence electrons. The first kappa shape index (κ1) is 20.3. The van der Waals surface area contributed by atoms with Gasteiger partial charge in [0.15, 0.2) is 0 Å². The van der Waals surface area contributed by atoms with E-state index in [1.165, 1.54) is 11.1 Å². The fraction of sp³-hybridized carbons (Fsp3) is 0.115. The molecule has 0 radical (unpaired) electrons. The normalized spacial score (nSPS) is 10.5. The highest BCUT2D eigenvalue weighted by Crippen LogP contribution is 2.20. The number of carbonyl (C=O) groups is 1. The molecule has 0 aliphatic carbocycles. The first-order valence-corrected chi connectivity index (χ1v) is 10.2. The van der Waals surface area contributed by atoms with E-state index in [2.05, 4.69) is 51.8 Å². The minimum atomic E-state index is -0.125. The fourth-order valence-electron chi connectivity index (χ4n) is 3.15. The van der Waals surface area contributed by atoms with E-state index in [0.29, 0.717) is 18.1 Å². The van der Waals surface area contributed by atoms with Crippen molar-refractivity contribution in [1.82, 2.24) is 15.3 Å². The summed E-state index contributed by atoms with van der Waals surface area (Å²) in [5.41, 5.74) is 6.84. The summed E-state index contributed by atoms with van der Waals surface area (Å²) in [6, 6.07) is 23.7. The Morgan fingerprint density at radius 2 is 1.45 bits per heavy atom. The number of aromatic nitrogens is 2. The van der Waals surface area contributed by atoms with Crippen molar-refractivity contribution in [3.05, 3.63) is 107 Å². The number of anilines is 2. The highest BCUT2D eigenvalue weighted by Gasteiger charge is 2.07. The molecule has 5 nitrogen and oxygen atoms in total. The molecule has 3 aromatic carbocycles. The van der Waals surface area contributed by atoms with Gasteiger partial charge in [-0.25, -0.2) is 9.97 Å². The number of hydrogen-bond acceptors (Lipinski definition) is 4. The van der Waals surface area contributed by atoms with Crippen molar-refractivity contribution in [3.8, 4) is 11.1 Å². The number of nitrogens with zero attached hydrogens (tertiary/aromatic N) is 2. The Bertz CT molecular complexity index is 1170. The molecule has 0 atom stereocenters. The van der Waals surface area contributed by atoms with Crippen LogP contribution in [0.3, 0.4) is 0 Å². The maximum absolute atomic E-state index is 12.5. The van der Waals surface area contributed by atoms with Crippen LogP contribution in [0, 0.1) is 13.8 Å². The summed E-state index contributed by atoms with van der Waals surface area (Å²) in [5.74, 6) is 0.355. The molecule has 0 aliphatic heterocycles. The maximum Gasteiger partial charge on any atom is 0.251 e. The predicted molar refractivity (Wildman–Crippen MR) is 124 cm³/mol. The number of amides is 1. The molecule has 4 rings (SSSR count). The molecular formula is C26H24N4O. The number of carbonyl (C=O) groups excluding carboxylic acids is 1. The lowest BCUT2D eigenvalue weighted by Crippen LogP contribution is -2.22. The van der Waals surface area contributed by atoms with E-state index >= 15 is 0 Å². The van der Waals surface area contributed by atoms with Gasteiger partial charge in [0.2, 0.25) is 5.95 Å². The minimum absolute atomic E-state index is 0.125. The molecule has 0 saturated carbocycles. The van der Waals surface area contributed by atoms with Crippen LogP contribution in [0.15, 0.2) is 85.2 Å². The topological polar surface area (TPSA) is 66.9 Å². The SMILES string of the molecule is Cc1ccc(CNC(=O)c2cccc(Nc3ncc(-c4ccc(C)cc4)cn3)c2)cc1. The second-order valence-electron chi connectivity index (χ2n) is 7.54. The Balaban J connectivity index is 1.40. The fourth-order valence-corrected chi connectivity index (χ4v) is 3.15. The van der Waals surface area contributed by atoms with Crippen molar-refractivity contribution in [1.29, 1.82) is 0 Å². The first-order chi connectivity index (χ1) is 15.1. The van der Waals surface area contributed by atoms with Crippen molar-refractivity contribution in [3.63, 3.8) is 0 Å². The smallest absolute Gasteiger partial charge is 0.251 e. The number of benzene rings is 3. The Kier molecular flexibility index (Phi) is 6.03. The molecular weight excluding hydrogens is 384 g/mol. The Labute approximate surface area is 182 Å². The minimum Gasteiger partial charge on any atom is -0.348 e. The molecule has 0 aliphatic rings. The quantitative estimate of drug-likeness (QED) is 0.446. The number of aryl methyl sites for hydroxylation is 2. The van der Waals surface area contributed by atoms with Gasteiger partial charge < -0.3 is 10.6 Å². The van der Waals surface area contributed by atoms with E-state index in [1.807, 2.05) is 43.3 Å². The van der Waals surface area contributed by atoms with E-state index < -0.39 is 0 Å².